The molecular formula is C11H14BrNO3. The van der Waals surface area contributed by atoms with Gasteiger partial charge in [-0.25, -0.2) is 0 Å². The van der Waals surface area contributed by atoms with Gasteiger partial charge in [-0.15, -0.1) is 0 Å². The smallest absolute Gasteiger partial charge is 0.312 e. The molecule has 0 amide bonds. The lowest BCUT2D eigenvalue weighted by Gasteiger charge is -2.19. The fourth-order valence-corrected chi connectivity index (χ4v) is 1.43. The van der Waals surface area contributed by atoms with Crippen LogP contribution >= 0.6 is 15.9 Å². The molecular weight excluding hydrogens is 274 g/mol. The first-order chi connectivity index (χ1) is 7.28. The van der Waals surface area contributed by atoms with Gasteiger partial charge < -0.3 is 9.84 Å². The van der Waals surface area contributed by atoms with E-state index in [2.05, 4.69) is 20.9 Å². The van der Waals surface area contributed by atoms with Gasteiger partial charge in [0.15, 0.2) is 0 Å². The average Bonchev–Trinajstić information content (AvgIpc) is 2.06. The summed E-state index contributed by atoms with van der Waals surface area (Å²) in [6, 6.07) is 1.49. The highest BCUT2D eigenvalue weighted by molar-refractivity contribution is 9.10. The van der Waals surface area contributed by atoms with Crippen LogP contribution in [0.3, 0.4) is 0 Å². The first-order valence-corrected chi connectivity index (χ1v) is 5.62. The van der Waals surface area contributed by atoms with Gasteiger partial charge in [-0.1, -0.05) is 0 Å². The van der Waals surface area contributed by atoms with Crippen molar-refractivity contribution in [2.45, 2.75) is 32.8 Å². The lowest BCUT2D eigenvalue weighted by Crippen LogP contribution is -2.25. The van der Waals surface area contributed by atoms with E-state index in [-0.39, 0.29) is 12.2 Å². The molecule has 1 aromatic rings. The minimum Gasteiger partial charge on any atom is -0.506 e. The molecule has 0 saturated heterocycles. The Morgan fingerprint density at radius 2 is 2.19 bits per heavy atom. The molecule has 0 aliphatic rings. The molecule has 0 aliphatic carbocycles. The van der Waals surface area contributed by atoms with Crippen LogP contribution in [0.5, 0.6) is 5.75 Å². The summed E-state index contributed by atoms with van der Waals surface area (Å²) in [6.45, 7) is 5.37. The monoisotopic (exact) mass is 287 g/mol. The maximum Gasteiger partial charge on any atom is 0.312 e. The van der Waals surface area contributed by atoms with E-state index in [1.54, 1.807) is 20.8 Å². The van der Waals surface area contributed by atoms with Crippen LogP contribution in [0.15, 0.2) is 16.7 Å². The Bertz CT molecular complexity index is 399. The third-order valence-electron chi connectivity index (χ3n) is 1.65. The van der Waals surface area contributed by atoms with Crippen LogP contribution in [0.4, 0.5) is 0 Å². The molecule has 4 nitrogen and oxygen atoms in total. The van der Waals surface area contributed by atoms with Gasteiger partial charge in [-0.05, 0) is 42.8 Å². The summed E-state index contributed by atoms with van der Waals surface area (Å²) >= 11 is 3.17. The predicted molar refractivity (Wildman–Crippen MR) is 63.2 cm³/mol. The number of hydrogen-bond donors (Lipinski definition) is 1. The van der Waals surface area contributed by atoms with Gasteiger partial charge in [0.1, 0.15) is 11.4 Å². The normalized spacial score (nSPS) is 11.2. The molecule has 0 fully saturated rings. The number of ether oxygens (including phenoxy) is 1. The fraction of sp³-hybridized carbons (Fsp3) is 0.455. The quantitative estimate of drug-likeness (QED) is 0.849. The second-order valence-corrected chi connectivity index (χ2v) is 5.30. The highest BCUT2D eigenvalue weighted by Gasteiger charge is 2.18. The zero-order chi connectivity index (χ0) is 12.3. The van der Waals surface area contributed by atoms with Crippen molar-refractivity contribution in [3.63, 3.8) is 0 Å². The second-order valence-electron chi connectivity index (χ2n) is 4.38. The number of hydrogen-bond acceptors (Lipinski definition) is 4. The third kappa shape index (κ3) is 4.18. The number of carbonyl (C=O) groups excluding carboxylic acids is 1. The Morgan fingerprint density at radius 3 is 2.69 bits per heavy atom. The molecule has 1 rings (SSSR count). The number of nitrogens with zero attached hydrogens (tertiary/aromatic N) is 1. The Kier molecular flexibility index (Phi) is 3.91. The molecule has 0 saturated carbocycles. The molecule has 0 bridgehead atoms. The number of aromatic nitrogens is 1. The molecule has 88 valence electrons. The standard InChI is InChI=1S/C11H14BrNO3/c1-11(2,3)16-10(15)5-8-9(14)4-7(12)6-13-8/h4,6,14H,5H2,1-3H3. The maximum atomic E-state index is 11.5. The molecule has 0 aromatic carbocycles. The van der Waals surface area contributed by atoms with Gasteiger partial charge in [0.25, 0.3) is 0 Å². The third-order valence-corrected chi connectivity index (χ3v) is 2.08. The number of rotatable bonds is 2. The number of esters is 1. The second kappa shape index (κ2) is 4.82. The molecule has 0 spiro atoms. The number of pyridine rings is 1. The first kappa shape index (κ1) is 13.0. The highest BCUT2D eigenvalue weighted by atomic mass is 79.9. The van der Waals surface area contributed by atoms with Crippen LogP contribution in [-0.4, -0.2) is 21.7 Å². The molecule has 0 radical (unpaired) electrons. The minimum atomic E-state index is -0.526. The summed E-state index contributed by atoms with van der Waals surface area (Å²) in [5.41, 5.74) is -0.209. The molecule has 1 N–H and O–H groups in total. The van der Waals surface area contributed by atoms with Crippen LogP contribution in [0, 0.1) is 0 Å². The zero-order valence-corrected chi connectivity index (χ0v) is 11.0. The van der Waals surface area contributed by atoms with E-state index < -0.39 is 11.6 Å². The molecule has 16 heavy (non-hydrogen) atoms. The van der Waals surface area contributed by atoms with Crippen LogP contribution < -0.4 is 0 Å². The van der Waals surface area contributed by atoms with Crippen molar-refractivity contribution in [3.8, 4) is 5.75 Å². The molecule has 0 atom stereocenters. The van der Waals surface area contributed by atoms with Crippen molar-refractivity contribution in [2.24, 2.45) is 0 Å². The molecule has 0 aliphatic heterocycles. The molecule has 5 heteroatoms. The topological polar surface area (TPSA) is 59.4 Å². The van der Waals surface area contributed by atoms with E-state index in [1.807, 2.05) is 0 Å². The van der Waals surface area contributed by atoms with Crippen LogP contribution in [0.2, 0.25) is 0 Å². The van der Waals surface area contributed by atoms with E-state index in [1.165, 1.54) is 12.3 Å². The summed E-state index contributed by atoms with van der Waals surface area (Å²) in [5, 5.41) is 9.54. The van der Waals surface area contributed by atoms with Crippen molar-refractivity contribution in [1.29, 1.82) is 0 Å². The summed E-state index contributed by atoms with van der Waals surface area (Å²) in [4.78, 5) is 15.4. The average molecular weight is 288 g/mol. The van der Waals surface area contributed by atoms with Gasteiger partial charge in [0.2, 0.25) is 0 Å². The van der Waals surface area contributed by atoms with Gasteiger partial charge in [-0.2, -0.15) is 0 Å². The minimum absolute atomic E-state index is 0.0137. The van der Waals surface area contributed by atoms with Gasteiger partial charge >= 0.3 is 5.97 Å². The van der Waals surface area contributed by atoms with Crippen molar-refractivity contribution in [2.75, 3.05) is 0 Å². The Morgan fingerprint density at radius 1 is 1.56 bits per heavy atom. The van der Waals surface area contributed by atoms with E-state index in [0.29, 0.717) is 10.2 Å². The molecule has 1 aromatic heterocycles. The highest BCUT2D eigenvalue weighted by Crippen LogP contribution is 2.20. The summed E-state index contributed by atoms with van der Waals surface area (Å²) in [6.07, 6.45) is 1.50. The Hall–Kier alpha value is -1.10. The van der Waals surface area contributed by atoms with Crippen molar-refractivity contribution >= 4 is 21.9 Å². The fourth-order valence-electron chi connectivity index (χ4n) is 1.11. The number of aromatic hydroxyl groups is 1. The van der Waals surface area contributed by atoms with Crippen molar-refractivity contribution in [3.05, 3.63) is 22.4 Å². The number of halogens is 1. The van der Waals surface area contributed by atoms with Gasteiger partial charge in [-0.3, -0.25) is 9.78 Å². The van der Waals surface area contributed by atoms with E-state index in [9.17, 15) is 9.90 Å². The van der Waals surface area contributed by atoms with Crippen molar-refractivity contribution < 1.29 is 14.6 Å². The summed E-state index contributed by atoms with van der Waals surface area (Å²) in [5.74, 6) is -0.419. The summed E-state index contributed by atoms with van der Waals surface area (Å²) in [7, 11) is 0. The largest absolute Gasteiger partial charge is 0.506 e. The SMILES string of the molecule is CC(C)(C)OC(=O)Cc1ncc(Br)cc1O. The van der Waals surface area contributed by atoms with Crippen LogP contribution in [0.1, 0.15) is 26.5 Å². The van der Waals surface area contributed by atoms with E-state index in [4.69, 9.17) is 4.74 Å². The van der Waals surface area contributed by atoms with Crippen LogP contribution in [-0.2, 0) is 16.0 Å². The Labute approximate surface area is 103 Å². The first-order valence-electron chi connectivity index (χ1n) is 4.83. The maximum absolute atomic E-state index is 11.5. The van der Waals surface area contributed by atoms with E-state index in [0.717, 1.165) is 0 Å². The zero-order valence-electron chi connectivity index (χ0n) is 9.45. The van der Waals surface area contributed by atoms with Gasteiger partial charge in [0, 0.05) is 10.7 Å². The molecule has 0 unspecified atom stereocenters. The van der Waals surface area contributed by atoms with Crippen LogP contribution in [0.25, 0.3) is 0 Å². The number of carbonyl (C=O) groups is 1. The lowest BCUT2D eigenvalue weighted by atomic mass is 10.2. The molecule has 1 heterocycles. The van der Waals surface area contributed by atoms with Gasteiger partial charge in [0.05, 0.1) is 12.1 Å². The lowest BCUT2D eigenvalue weighted by molar-refractivity contribution is -0.154. The predicted octanol–water partition coefficient (Wildman–Crippen LogP) is 2.43. The van der Waals surface area contributed by atoms with Crippen molar-refractivity contribution in [1.82, 2.24) is 4.98 Å². The Balaban J connectivity index is 2.70. The summed E-state index contributed by atoms with van der Waals surface area (Å²) < 4.78 is 5.79. The van der Waals surface area contributed by atoms with E-state index >= 15 is 0 Å².